The van der Waals surface area contributed by atoms with Crippen LogP contribution in [0.15, 0.2) is 36.4 Å². The number of nitrogens with zero attached hydrogens (tertiary/aromatic N) is 1. The van der Waals surface area contributed by atoms with Crippen LogP contribution in [0.2, 0.25) is 0 Å². The lowest BCUT2D eigenvalue weighted by molar-refractivity contribution is -0.0294. The lowest BCUT2D eigenvalue weighted by atomic mass is 10.1. The number of carbonyl (C=O) groups excluding carboxylic acids is 3. The molecule has 2 aromatic rings. The van der Waals surface area contributed by atoms with Crippen molar-refractivity contribution in [1.29, 1.82) is 0 Å². The molecule has 2 aromatic carbocycles. The van der Waals surface area contributed by atoms with Gasteiger partial charge in [0.1, 0.15) is 16.8 Å². The maximum Gasteiger partial charge on any atom is 0.519 e. The molecule has 0 bridgehead atoms. The summed E-state index contributed by atoms with van der Waals surface area (Å²) in [6.07, 6.45) is 2.52. The van der Waals surface area contributed by atoms with Gasteiger partial charge >= 0.3 is 18.4 Å². The van der Waals surface area contributed by atoms with Crippen LogP contribution in [0, 0.1) is 13.8 Å². The molecule has 1 aliphatic carbocycles. The Morgan fingerprint density at radius 2 is 1.14 bits per heavy atom. The van der Waals surface area contributed by atoms with E-state index >= 15 is 0 Å². The van der Waals surface area contributed by atoms with Crippen LogP contribution < -0.4 is 4.90 Å². The summed E-state index contributed by atoms with van der Waals surface area (Å²) in [6, 6.07) is 12.8. The monoisotopic (exact) mass is 583 g/mol. The quantitative estimate of drug-likeness (QED) is 0.174. The van der Waals surface area contributed by atoms with Crippen LogP contribution in [0.5, 0.6) is 0 Å². The minimum Gasteiger partial charge on any atom is -0.443 e. The number of hydrogen-bond donors (Lipinski definition) is 0. The maximum atomic E-state index is 12.1. The number of anilines is 1. The van der Waals surface area contributed by atoms with Crippen LogP contribution in [0.3, 0.4) is 0 Å². The standard InChI is InChI=1S/C14H19NO2.C10H18O5.C10H12/c1-10-6-5-7-11-8-9-15(12(10)11)13(16)17-14(2,3)4;1-9(2,3)14-7(11)13-8(12)15-10(4,5)6;1-8-4-2-5-9-6-3-7-10(8)9/h5-7H,8-9H2,1-4H3;1-6H3;2,4-5H,3,6-7H2,1H3. The van der Waals surface area contributed by atoms with E-state index in [0.717, 1.165) is 24.2 Å². The van der Waals surface area contributed by atoms with Gasteiger partial charge in [0.2, 0.25) is 0 Å². The van der Waals surface area contributed by atoms with Gasteiger partial charge in [-0.1, -0.05) is 36.4 Å². The second-order valence-electron chi connectivity index (χ2n) is 13.6. The van der Waals surface area contributed by atoms with Gasteiger partial charge in [0.05, 0.1) is 5.69 Å². The number of rotatable bonds is 0. The third-order valence-electron chi connectivity index (χ3n) is 6.14. The summed E-state index contributed by atoms with van der Waals surface area (Å²) in [5.41, 5.74) is 6.24. The number of ether oxygens (including phenoxy) is 4. The van der Waals surface area contributed by atoms with E-state index in [1.165, 1.54) is 30.4 Å². The molecule has 0 fully saturated rings. The zero-order valence-corrected chi connectivity index (χ0v) is 27.3. The van der Waals surface area contributed by atoms with E-state index in [1.54, 1.807) is 57.6 Å². The summed E-state index contributed by atoms with van der Waals surface area (Å²) in [5, 5.41) is 0. The summed E-state index contributed by atoms with van der Waals surface area (Å²) in [5.74, 6) is 0. The maximum absolute atomic E-state index is 12.1. The second kappa shape index (κ2) is 14.1. The van der Waals surface area contributed by atoms with E-state index in [1.807, 2.05) is 39.8 Å². The molecule has 1 heterocycles. The zero-order valence-electron chi connectivity index (χ0n) is 27.3. The first-order chi connectivity index (χ1) is 19.3. The molecule has 0 aromatic heterocycles. The Labute approximate surface area is 251 Å². The molecule has 4 rings (SSSR count). The number of hydrogen-bond acceptors (Lipinski definition) is 7. The predicted octanol–water partition coefficient (Wildman–Crippen LogP) is 8.65. The predicted molar refractivity (Wildman–Crippen MR) is 165 cm³/mol. The molecule has 0 radical (unpaired) electrons. The topological polar surface area (TPSA) is 91.4 Å². The van der Waals surface area contributed by atoms with Crippen molar-refractivity contribution >= 4 is 24.1 Å². The van der Waals surface area contributed by atoms with Crippen LogP contribution in [0.25, 0.3) is 0 Å². The van der Waals surface area contributed by atoms with E-state index in [9.17, 15) is 14.4 Å². The van der Waals surface area contributed by atoms with Crippen molar-refractivity contribution in [2.24, 2.45) is 0 Å². The Hall–Kier alpha value is -3.55. The third kappa shape index (κ3) is 11.7. The van der Waals surface area contributed by atoms with Gasteiger partial charge in [-0.15, -0.1) is 0 Å². The summed E-state index contributed by atoms with van der Waals surface area (Å²) in [4.78, 5) is 35.8. The number of amides is 1. The molecule has 0 N–H and O–H groups in total. The first kappa shape index (κ1) is 34.7. The van der Waals surface area contributed by atoms with E-state index < -0.39 is 29.1 Å². The van der Waals surface area contributed by atoms with Crippen molar-refractivity contribution in [2.75, 3.05) is 11.4 Å². The molecule has 0 spiro atoms. The van der Waals surface area contributed by atoms with Gasteiger partial charge in [-0.2, -0.15) is 0 Å². The van der Waals surface area contributed by atoms with Gasteiger partial charge in [0.15, 0.2) is 0 Å². The number of benzene rings is 2. The second-order valence-corrected chi connectivity index (χ2v) is 13.6. The fourth-order valence-electron chi connectivity index (χ4n) is 4.57. The molecular formula is C34H49NO7. The van der Waals surface area contributed by atoms with Gasteiger partial charge in [-0.3, -0.25) is 4.90 Å². The molecular weight excluding hydrogens is 534 g/mol. The van der Waals surface area contributed by atoms with E-state index in [2.05, 4.69) is 35.9 Å². The highest BCUT2D eigenvalue weighted by Crippen LogP contribution is 2.32. The molecule has 1 aliphatic heterocycles. The Bertz CT molecular complexity index is 1220. The number of para-hydroxylation sites is 1. The van der Waals surface area contributed by atoms with Crippen molar-refractivity contribution < 1.29 is 33.3 Å². The Kier molecular flexibility index (Phi) is 11.6. The number of fused-ring (bicyclic) bond motifs is 2. The normalized spacial score (nSPS) is 13.8. The van der Waals surface area contributed by atoms with Gasteiger partial charge < -0.3 is 18.9 Å². The van der Waals surface area contributed by atoms with Gasteiger partial charge in [0.25, 0.3) is 0 Å². The molecule has 1 amide bonds. The molecule has 42 heavy (non-hydrogen) atoms. The summed E-state index contributed by atoms with van der Waals surface area (Å²) in [6.45, 7) is 20.6. The van der Waals surface area contributed by atoms with Crippen molar-refractivity contribution in [2.45, 2.75) is 119 Å². The highest BCUT2D eigenvalue weighted by molar-refractivity contribution is 5.91. The molecule has 2 aliphatic rings. The smallest absolute Gasteiger partial charge is 0.443 e. The van der Waals surface area contributed by atoms with Gasteiger partial charge in [-0.25, -0.2) is 14.4 Å². The minimum atomic E-state index is -1.06. The summed E-state index contributed by atoms with van der Waals surface area (Å²) >= 11 is 0. The van der Waals surface area contributed by atoms with Crippen molar-refractivity contribution in [3.05, 3.63) is 64.2 Å². The van der Waals surface area contributed by atoms with E-state index in [0.29, 0.717) is 0 Å². The first-order valence-electron chi connectivity index (χ1n) is 14.6. The number of carbonyl (C=O) groups is 3. The van der Waals surface area contributed by atoms with Crippen molar-refractivity contribution in [3.63, 3.8) is 0 Å². The minimum absolute atomic E-state index is 0.245. The lowest BCUT2D eigenvalue weighted by Gasteiger charge is -2.25. The van der Waals surface area contributed by atoms with Crippen LogP contribution in [0.4, 0.5) is 20.1 Å². The lowest BCUT2D eigenvalue weighted by Crippen LogP contribution is -2.36. The largest absolute Gasteiger partial charge is 0.519 e. The fraction of sp³-hybridized carbons (Fsp3) is 0.559. The van der Waals surface area contributed by atoms with Gasteiger partial charge in [-0.05, 0) is 130 Å². The van der Waals surface area contributed by atoms with Crippen LogP contribution in [0.1, 0.15) is 96.6 Å². The third-order valence-corrected chi connectivity index (χ3v) is 6.14. The first-order valence-corrected chi connectivity index (χ1v) is 14.6. The Balaban J connectivity index is 0.000000227. The zero-order chi connectivity index (χ0) is 31.9. The van der Waals surface area contributed by atoms with Crippen LogP contribution >= 0.6 is 0 Å². The van der Waals surface area contributed by atoms with E-state index in [-0.39, 0.29) is 6.09 Å². The summed E-state index contributed by atoms with van der Waals surface area (Å²) < 4.78 is 19.2. The SMILES string of the molecule is CC(C)(C)OC(=O)OC(=O)OC(C)(C)C.Cc1cccc2c1CCC2.Cc1cccc2c1N(C(=O)OC(C)(C)C)CC2. The molecule has 232 valence electrons. The molecule has 0 saturated carbocycles. The number of aryl methyl sites for hydroxylation is 3. The van der Waals surface area contributed by atoms with Gasteiger partial charge in [0, 0.05) is 6.54 Å². The van der Waals surface area contributed by atoms with Crippen molar-refractivity contribution in [3.8, 4) is 0 Å². The molecule has 0 saturated heterocycles. The molecule has 0 atom stereocenters. The summed E-state index contributed by atoms with van der Waals surface area (Å²) in [7, 11) is 0. The average molecular weight is 584 g/mol. The van der Waals surface area contributed by atoms with Crippen LogP contribution in [-0.4, -0.2) is 41.8 Å². The highest BCUT2D eigenvalue weighted by Gasteiger charge is 2.30. The highest BCUT2D eigenvalue weighted by atomic mass is 16.8. The molecule has 8 heteroatoms. The fourth-order valence-corrected chi connectivity index (χ4v) is 4.57. The van der Waals surface area contributed by atoms with Crippen LogP contribution in [-0.2, 0) is 38.2 Å². The molecule has 8 nitrogen and oxygen atoms in total. The van der Waals surface area contributed by atoms with Crippen molar-refractivity contribution in [1.82, 2.24) is 0 Å². The molecule has 0 unspecified atom stereocenters. The van der Waals surface area contributed by atoms with E-state index in [4.69, 9.17) is 14.2 Å². The average Bonchev–Trinajstić information content (AvgIpc) is 3.45. The Morgan fingerprint density at radius 3 is 1.64 bits per heavy atom. The Morgan fingerprint density at radius 1 is 0.643 bits per heavy atom.